The first-order valence-corrected chi connectivity index (χ1v) is 5.39. The molecular weight excluding hydrogens is 216 g/mol. The molecule has 1 aromatic rings. The summed E-state index contributed by atoms with van der Waals surface area (Å²) in [5, 5.41) is 0. The van der Waals surface area contributed by atoms with E-state index < -0.39 is 0 Å². The molecule has 1 aliphatic rings. The van der Waals surface area contributed by atoms with Gasteiger partial charge in [-0.05, 0) is 31.5 Å². The van der Waals surface area contributed by atoms with Crippen LogP contribution in [0.3, 0.4) is 0 Å². The molecule has 0 radical (unpaired) electrons. The van der Waals surface area contributed by atoms with Crippen LogP contribution in [0.4, 0.5) is 5.69 Å². The predicted molar refractivity (Wildman–Crippen MR) is 64.8 cm³/mol. The van der Waals surface area contributed by atoms with E-state index in [1.54, 1.807) is 26.0 Å². The van der Waals surface area contributed by atoms with Crippen molar-refractivity contribution in [1.82, 2.24) is 4.90 Å². The fourth-order valence-corrected chi connectivity index (χ4v) is 1.77. The first kappa shape index (κ1) is 11.4. The summed E-state index contributed by atoms with van der Waals surface area (Å²) in [5.74, 6) is -0.409. The summed E-state index contributed by atoms with van der Waals surface area (Å²) in [7, 11) is 0. The largest absolute Gasteiger partial charge is 0.399 e. The second-order valence-electron chi connectivity index (χ2n) is 4.19. The molecule has 0 saturated carbocycles. The standard InChI is InChI=1S/C13H14N2O2/c1-8-9(2)13(17)15(12(8)16)7-10-3-5-11(14)6-4-10/h3-6H,7,14H2,1-2H3. The number of carbonyl (C=O) groups excluding carboxylic acids is 2. The number of anilines is 1. The quantitative estimate of drug-likeness (QED) is 0.618. The number of nitrogen functional groups attached to an aromatic ring is 1. The van der Waals surface area contributed by atoms with Gasteiger partial charge in [0, 0.05) is 16.8 Å². The summed E-state index contributed by atoms with van der Waals surface area (Å²) in [6.07, 6.45) is 0. The number of carbonyl (C=O) groups is 2. The molecular formula is C13H14N2O2. The van der Waals surface area contributed by atoms with E-state index in [0.29, 0.717) is 23.4 Å². The highest BCUT2D eigenvalue weighted by Crippen LogP contribution is 2.22. The van der Waals surface area contributed by atoms with Gasteiger partial charge in [0.05, 0.1) is 6.54 Å². The van der Waals surface area contributed by atoms with Crippen LogP contribution in [0.5, 0.6) is 0 Å². The molecule has 4 nitrogen and oxygen atoms in total. The zero-order chi connectivity index (χ0) is 12.6. The van der Waals surface area contributed by atoms with Gasteiger partial charge in [0.2, 0.25) is 0 Å². The number of nitrogens with two attached hydrogens (primary N) is 1. The summed E-state index contributed by atoms with van der Waals surface area (Å²) in [5.41, 5.74) is 8.20. The molecule has 4 heteroatoms. The van der Waals surface area contributed by atoms with Crippen molar-refractivity contribution in [2.24, 2.45) is 0 Å². The maximum absolute atomic E-state index is 11.8. The summed E-state index contributed by atoms with van der Waals surface area (Å²) in [6.45, 7) is 3.66. The minimum Gasteiger partial charge on any atom is -0.399 e. The Hall–Kier alpha value is -2.10. The van der Waals surface area contributed by atoms with Crippen LogP contribution in [0.1, 0.15) is 19.4 Å². The first-order chi connectivity index (χ1) is 8.00. The van der Waals surface area contributed by atoms with E-state index in [9.17, 15) is 9.59 Å². The van der Waals surface area contributed by atoms with E-state index in [-0.39, 0.29) is 11.8 Å². The molecule has 1 aromatic carbocycles. The van der Waals surface area contributed by atoms with E-state index >= 15 is 0 Å². The van der Waals surface area contributed by atoms with Gasteiger partial charge >= 0.3 is 0 Å². The lowest BCUT2D eigenvalue weighted by Crippen LogP contribution is -2.30. The Bertz CT molecular complexity index is 491. The molecule has 88 valence electrons. The van der Waals surface area contributed by atoms with Crippen molar-refractivity contribution in [3.63, 3.8) is 0 Å². The highest BCUT2D eigenvalue weighted by molar-refractivity contribution is 6.18. The second kappa shape index (κ2) is 4.05. The molecule has 0 aromatic heterocycles. The molecule has 0 bridgehead atoms. The van der Waals surface area contributed by atoms with Crippen LogP contribution in [-0.2, 0) is 16.1 Å². The maximum atomic E-state index is 11.8. The van der Waals surface area contributed by atoms with Crippen LogP contribution < -0.4 is 5.73 Å². The Morgan fingerprint density at radius 3 is 1.94 bits per heavy atom. The number of rotatable bonds is 2. The number of hydrogen-bond acceptors (Lipinski definition) is 3. The minimum atomic E-state index is -0.204. The molecule has 0 atom stereocenters. The Kier molecular flexibility index (Phi) is 2.71. The highest BCUT2D eigenvalue weighted by atomic mass is 16.2. The van der Waals surface area contributed by atoms with Crippen molar-refractivity contribution in [2.45, 2.75) is 20.4 Å². The van der Waals surface area contributed by atoms with Gasteiger partial charge < -0.3 is 5.73 Å². The molecule has 0 aliphatic carbocycles. The van der Waals surface area contributed by atoms with Crippen LogP contribution in [0.25, 0.3) is 0 Å². The van der Waals surface area contributed by atoms with Crippen LogP contribution in [0, 0.1) is 0 Å². The van der Waals surface area contributed by atoms with Gasteiger partial charge in [-0.15, -0.1) is 0 Å². The smallest absolute Gasteiger partial charge is 0.257 e. The topological polar surface area (TPSA) is 63.4 Å². The van der Waals surface area contributed by atoms with Crippen LogP contribution >= 0.6 is 0 Å². The Balaban J connectivity index is 2.19. The SMILES string of the molecule is CC1=C(C)C(=O)N(Cc2ccc(N)cc2)C1=O. The van der Waals surface area contributed by atoms with Gasteiger partial charge in [0.25, 0.3) is 11.8 Å². The molecule has 1 heterocycles. The third-order valence-electron chi connectivity index (χ3n) is 3.01. The normalized spacial score (nSPS) is 16.0. The van der Waals surface area contributed by atoms with Crippen molar-refractivity contribution >= 4 is 17.5 Å². The van der Waals surface area contributed by atoms with Gasteiger partial charge in [-0.1, -0.05) is 12.1 Å². The second-order valence-corrected chi connectivity index (χ2v) is 4.19. The van der Waals surface area contributed by atoms with Crippen molar-refractivity contribution in [1.29, 1.82) is 0 Å². The van der Waals surface area contributed by atoms with E-state index in [0.717, 1.165) is 5.56 Å². The van der Waals surface area contributed by atoms with Crippen molar-refractivity contribution < 1.29 is 9.59 Å². The number of imide groups is 1. The van der Waals surface area contributed by atoms with Crippen molar-refractivity contribution in [3.05, 3.63) is 41.0 Å². The monoisotopic (exact) mass is 230 g/mol. The third kappa shape index (κ3) is 1.93. The van der Waals surface area contributed by atoms with E-state index in [2.05, 4.69) is 0 Å². The average molecular weight is 230 g/mol. The maximum Gasteiger partial charge on any atom is 0.257 e. The molecule has 17 heavy (non-hydrogen) atoms. The number of nitrogens with zero attached hydrogens (tertiary/aromatic N) is 1. The Labute approximate surface area is 99.7 Å². The molecule has 2 N–H and O–H groups in total. The molecule has 2 amide bonds. The number of benzene rings is 1. The average Bonchev–Trinajstić information content (AvgIpc) is 2.50. The Morgan fingerprint density at radius 1 is 1.00 bits per heavy atom. The lowest BCUT2D eigenvalue weighted by atomic mass is 10.2. The molecule has 0 unspecified atom stereocenters. The first-order valence-electron chi connectivity index (χ1n) is 5.39. The Morgan fingerprint density at radius 2 is 1.47 bits per heavy atom. The minimum absolute atomic E-state index is 0.204. The van der Waals surface area contributed by atoms with Crippen LogP contribution in [0.2, 0.25) is 0 Å². The van der Waals surface area contributed by atoms with Crippen LogP contribution in [0.15, 0.2) is 35.4 Å². The predicted octanol–water partition coefficient (Wildman–Crippen LogP) is 1.47. The van der Waals surface area contributed by atoms with Gasteiger partial charge in [0.1, 0.15) is 0 Å². The molecule has 1 aliphatic heterocycles. The van der Waals surface area contributed by atoms with Gasteiger partial charge in [-0.2, -0.15) is 0 Å². The lowest BCUT2D eigenvalue weighted by Gasteiger charge is -2.14. The van der Waals surface area contributed by atoms with Gasteiger partial charge in [-0.3, -0.25) is 14.5 Å². The number of amides is 2. The molecule has 0 spiro atoms. The fourth-order valence-electron chi connectivity index (χ4n) is 1.77. The summed E-state index contributed by atoms with van der Waals surface area (Å²) in [6, 6.07) is 7.15. The van der Waals surface area contributed by atoms with E-state index in [4.69, 9.17) is 5.73 Å². The summed E-state index contributed by atoms with van der Waals surface area (Å²) in [4.78, 5) is 24.9. The zero-order valence-electron chi connectivity index (χ0n) is 9.86. The summed E-state index contributed by atoms with van der Waals surface area (Å²) < 4.78 is 0. The van der Waals surface area contributed by atoms with Crippen LogP contribution in [-0.4, -0.2) is 16.7 Å². The molecule has 2 rings (SSSR count). The zero-order valence-corrected chi connectivity index (χ0v) is 9.86. The molecule has 0 fully saturated rings. The van der Waals surface area contributed by atoms with Gasteiger partial charge in [0.15, 0.2) is 0 Å². The fraction of sp³-hybridized carbons (Fsp3) is 0.231. The van der Waals surface area contributed by atoms with E-state index in [1.165, 1.54) is 4.90 Å². The lowest BCUT2D eigenvalue weighted by molar-refractivity contribution is -0.138. The number of hydrogen-bond donors (Lipinski definition) is 1. The van der Waals surface area contributed by atoms with Crippen molar-refractivity contribution in [2.75, 3.05) is 5.73 Å². The molecule has 0 saturated heterocycles. The van der Waals surface area contributed by atoms with Crippen molar-refractivity contribution in [3.8, 4) is 0 Å². The summed E-state index contributed by atoms with van der Waals surface area (Å²) >= 11 is 0. The van der Waals surface area contributed by atoms with E-state index in [1.807, 2.05) is 12.1 Å². The third-order valence-corrected chi connectivity index (χ3v) is 3.01. The highest BCUT2D eigenvalue weighted by Gasteiger charge is 2.32. The van der Waals surface area contributed by atoms with Gasteiger partial charge in [-0.25, -0.2) is 0 Å².